The number of ether oxygens (including phenoxy) is 1. The minimum Gasteiger partial charge on any atom is -0.429 e. The lowest BCUT2D eigenvalue weighted by Gasteiger charge is -2.57. The van der Waals surface area contributed by atoms with Crippen LogP contribution < -0.4 is 0 Å². The first-order valence-corrected chi connectivity index (χ1v) is 9.10. The summed E-state index contributed by atoms with van der Waals surface area (Å²) < 4.78 is 4.73. The van der Waals surface area contributed by atoms with Crippen LogP contribution in [-0.4, -0.2) is 28.6 Å². The summed E-state index contributed by atoms with van der Waals surface area (Å²) in [5.74, 6) is 0.241. The van der Waals surface area contributed by atoms with E-state index in [1.807, 2.05) is 0 Å². The van der Waals surface area contributed by atoms with Crippen molar-refractivity contribution < 1.29 is 19.7 Å². The molecule has 2 N–H and O–H groups in total. The van der Waals surface area contributed by atoms with E-state index in [-0.39, 0.29) is 16.9 Å². The van der Waals surface area contributed by atoms with Crippen LogP contribution in [0.15, 0.2) is 23.3 Å². The highest BCUT2D eigenvalue weighted by molar-refractivity contribution is 5.91. The maximum Gasteiger partial charge on any atom is 0.339 e. The summed E-state index contributed by atoms with van der Waals surface area (Å²) in [5.41, 5.74) is 1.97. The SMILES string of the molecule is CC1=CCC2C(C)(C)CCCC2(C)C1CC(O)C1=CC(O)OC1=O. The van der Waals surface area contributed by atoms with Crippen molar-refractivity contribution in [3.05, 3.63) is 23.3 Å². The van der Waals surface area contributed by atoms with Crippen molar-refractivity contribution >= 4 is 5.97 Å². The number of rotatable bonds is 3. The molecule has 0 spiro atoms. The summed E-state index contributed by atoms with van der Waals surface area (Å²) in [4.78, 5) is 11.8. The van der Waals surface area contributed by atoms with E-state index in [1.165, 1.54) is 24.5 Å². The third-order valence-corrected chi connectivity index (χ3v) is 6.90. The van der Waals surface area contributed by atoms with Crippen molar-refractivity contribution in [2.24, 2.45) is 22.7 Å². The first-order chi connectivity index (χ1) is 11.1. The standard InChI is InChI=1S/C20H30O4/c1-12-6-7-16-19(2,3)8-5-9-20(16,4)14(12)11-15(21)13-10-17(22)24-18(13)23/h6,10,14-17,21-22H,5,7-9,11H2,1-4H3. The van der Waals surface area contributed by atoms with Gasteiger partial charge in [0.25, 0.3) is 0 Å². The van der Waals surface area contributed by atoms with Crippen molar-refractivity contribution in [1.29, 1.82) is 0 Å². The molecule has 5 atom stereocenters. The number of aliphatic hydroxyl groups is 2. The molecule has 0 saturated heterocycles. The lowest BCUT2D eigenvalue weighted by molar-refractivity contribution is -0.152. The Morgan fingerprint density at radius 2 is 2.04 bits per heavy atom. The molecule has 3 rings (SSSR count). The largest absolute Gasteiger partial charge is 0.429 e. The van der Waals surface area contributed by atoms with Crippen LogP contribution in [0.3, 0.4) is 0 Å². The number of aliphatic hydroxyl groups excluding tert-OH is 2. The second-order valence-electron chi connectivity index (χ2n) is 8.81. The highest BCUT2D eigenvalue weighted by Crippen LogP contribution is 2.60. The number of cyclic esters (lactones) is 1. The van der Waals surface area contributed by atoms with Crippen LogP contribution in [-0.2, 0) is 9.53 Å². The van der Waals surface area contributed by atoms with E-state index in [9.17, 15) is 15.0 Å². The number of allylic oxidation sites excluding steroid dienone is 2. The number of carbonyl (C=O) groups excluding carboxylic acids is 1. The minimum absolute atomic E-state index is 0.142. The van der Waals surface area contributed by atoms with Crippen LogP contribution >= 0.6 is 0 Å². The zero-order valence-corrected chi connectivity index (χ0v) is 15.2. The van der Waals surface area contributed by atoms with E-state index in [1.54, 1.807) is 0 Å². The maximum atomic E-state index is 11.8. The molecule has 1 fully saturated rings. The molecular formula is C20H30O4. The van der Waals surface area contributed by atoms with Gasteiger partial charge in [-0.3, -0.25) is 0 Å². The fourth-order valence-corrected chi connectivity index (χ4v) is 5.62. The molecule has 0 amide bonds. The number of fused-ring (bicyclic) bond motifs is 1. The Morgan fingerprint density at radius 1 is 1.33 bits per heavy atom. The van der Waals surface area contributed by atoms with Gasteiger partial charge in [0.1, 0.15) is 0 Å². The monoisotopic (exact) mass is 334 g/mol. The molecule has 0 aromatic carbocycles. The summed E-state index contributed by atoms with van der Waals surface area (Å²) in [6.07, 6.45) is 6.79. The second-order valence-corrected chi connectivity index (χ2v) is 8.81. The van der Waals surface area contributed by atoms with Crippen LogP contribution in [0.25, 0.3) is 0 Å². The zero-order valence-electron chi connectivity index (χ0n) is 15.2. The maximum absolute atomic E-state index is 11.8. The van der Waals surface area contributed by atoms with Gasteiger partial charge in [-0.05, 0) is 61.3 Å². The highest BCUT2D eigenvalue weighted by Gasteiger charge is 2.52. The Morgan fingerprint density at radius 3 is 2.67 bits per heavy atom. The van der Waals surface area contributed by atoms with Gasteiger partial charge in [0, 0.05) is 0 Å². The molecule has 1 heterocycles. The lowest BCUT2D eigenvalue weighted by atomic mass is 9.48. The molecular weight excluding hydrogens is 304 g/mol. The van der Waals surface area contributed by atoms with Gasteiger partial charge in [0.15, 0.2) is 0 Å². The van der Waals surface area contributed by atoms with E-state index in [2.05, 4.69) is 33.8 Å². The lowest BCUT2D eigenvalue weighted by Crippen LogP contribution is -2.49. The Labute approximate surface area is 144 Å². The molecule has 5 unspecified atom stereocenters. The molecule has 0 aromatic rings. The van der Waals surface area contributed by atoms with Crippen LogP contribution in [0.5, 0.6) is 0 Å². The summed E-state index contributed by atoms with van der Waals surface area (Å²) in [7, 11) is 0. The van der Waals surface area contributed by atoms with Gasteiger partial charge >= 0.3 is 5.97 Å². The highest BCUT2D eigenvalue weighted by atomic mass is 16.6. The molecule has 4 heteroatoms. The van der Waals surface area contributed by atoms with E-state index in [4.69, 9.17) is 4.74 Å². The predicted molar refractivity (Wildman–Crippen MR) is 91.9 cm³/mol. The topological polar surface area (TPSA) is 66.8 Å². The van der Waals surface area contributed by atoms with Gasteiger partial charge in [0.2, 0.25) is 6.29 Å². The normalized spacial score (nSPS) is 39.6. The summed E-state index contributed by atoms with van der Waals surface area (Å²) >= 11 is 0. The van der Waals surface area contributed by atoms with Crippen molar-refractivity contribution in [3.63, 3.8) is 0 Å². The summed E-state index contributed by atoms with van der Waals surface area (Å²) in [6, 6.07) is 0. The van der Waals surface area contributed by atoms with Crippen LogP contribution in [0, 0.1) is 22.7 Å². The Hall–Kier alpha value is -1.13. The van der Waals surface area contributed by atoms with E-state index in [0.29, 0.717) is 17.8 Å². The Balaban J connectivity index is 1.86. The fourth-order valence-electron chi connectivity index (χ4n) is 5.62. The number of esters is 1. The molecule has 1 saturated carbocycles. The van der Waals surface area contributed by atoms with E-state index < -0.39 is 18.4 Å². The summed E-state index contributed by atoms with van der Waals surface area (Å²) in [6.45, 7) is 9.24. The van der Waals surface area contributed by atoms with Crippen molar-refractivity contribution in [3.8, 4) is 0 Å². The quantitative estimate of drug-likeness (QED) is 0.614. The molecule has 0 aromatic heterocycles. The molecule has 0 radical (unpaired) electrons. The fraction of sp³-hybridized carbons (Fsp3) is 0.750. The van der Waals surface area contributed by atoms with E-state index >= 15 is 0 Å². The smallest absolute Gasteiger partial charge is 0.339 e. The van der Waals surface area contributed by atoms with Gasteiger partial charge in [-0.2, -0.15) is 0 Å². The van der Waals surface area contributed by atoms with Gasteiger partial charge < -0.3 is 14.9 Å². The van der Waals surface area contributed by atoms with Crippen LogP contribution in [0.2, 0.25) is 0 Å². The molecule has 1 aliphatic heterocycles. The first kappa shape index (κ1) is 17.7. The average Bonchev–Trinajstić information content (AvgIpc) is 2.80. The number of carbonyl (C=O) groups is 1. The van der Waals surface area contributed by atoms with Gasteiger partial charge in [-0.25, -0.2) is 4.79 Å². The molecule has 24 heavy (non-hydrogen) atoms. The van der Waals surface area contributed by atoms with Gasteiger partial charge in [0.05, 0.1) is 11.7 Å². The predicted octanol–water partition coefficient (Wildman–Crippen LogP) is 3.34. The second kappa shape index (κ2) is 5.99. The molecule has 134 valence electrons. The van der Waals surface area contributed by atoms with Crippen molar-refractivity contribution in [1.82, 2.24) is 0 Å². The molecule has 4 nitrogen and oxygen atoms in total. The summed E-state index contributed by atoms with van der Waals surface area (Å²) in [5, 5.41) is 20.1. The zero-order chi connectivity index (χ0) is 17.7. The molecule has 2 aliphatic carbocycles. The molecule has 0 bridgehead atoms. The third kappa shape index (κ3) is 2.84. The average molecular weight is 334 g/mol. The van der Waals surface area contributed by atoms with E-state index in [0.717, 1.165) is 12.8 Å². The van der Waals surface area contributed by atoms with Gasteiger partial charge in [-0.15, -0.1) is 0 Å². The minimum atomic E-state index is -1.22. The first-order valence-electron chi connectivity index (χ1n) is 9.10. The van der Waals surface area contributed by atoms with Crippen LogP contribution in [0.1, 0.15) is 59.8 Å². The number of hydrogen-bond acceptors (Lipinski definition) is 4. The Kier molecular flexibility index (Phi) is 4.42. The van der Waals surface area contributed by atoms with Gasteiger partial charge in [-0.1, -0.05) is 38.8 Å². The number of hydrogen-bond donors (Lipinski definition) is 2. The van der Waals surface area contributed by atoms with Crippen molar-refractivity contribution in [2.45, 2.75) is 72.2 Å². The van der Waals surface area contributed by atoms with Crippen molar-refractivity contribution in [2.75, 3.05) is 0 Å². The Bertz CT molecular complexity index is 588. The molecule has 3 aliphatic rings. The third-order valence-electron chi connectivity index (χ3n) is 6.90. The van der Waals surface area contributed by atoms with Crippen LogP contribution in [0.4, 0.5) is 0 Å².